The van der Waals surface area contributed by atoms with Gasteiger partial charge in [-0.05, 0) is 100 Å². The smallest absolute Gasteiger partial charge is 0.340 e. The first-order valence-electron chi connectivity index (χ1n) is 12.7. The van der Waals surface area contributed by atoms with Gasteiger partial charge in [0.25, 0.3) is 0 Å². The first-order valence-corrected chi connectivity index (χ1v) is 12.7. The molecule has 5 heterocycles. The van der Waals surface area contributed by atoms with E-state index in [1.165, 1.54) is 0 Å². The number of aromatic nitrogens is 4. The third kappa shape index (κ3) is 4.42. The predicted molar refractivity (Wildman–Crippen MR) is 149 cm³/mol. The Morgan fingerprint density at radius 1 is 0.632 bits per heavy atom. The molecular formula is C30H30N4O4. The molecule has 8 nitrogen and oxygen atoms in total. The standard InChI is InChI=1S/C30H30N4O4/c1-7-37-29(35)27-17(5)23-14-24-18(6)28(30(36)38-8-2)26(34-24)12-20-10-16(4)22(32-20)13-21-15(3)9-19(31-21)11-25(27)33-23/h9-14,31-32H,7-8H2,1-6H3. The van der Waals surface area contributed by atoms with Gasteiger partial charge in [0.05, 0.1) is 47.1 Å². The minimum atomic E-state index is -0.431. The maximum Gasteiger partial charge on any atom is 0.340 e. The van der Waals surface area contributed by atoms with Gasteiger partial charge in [-0.25, -0.2) is 19.6 Å². The number of nitrogens with zero attached hydrogens (tertiary/aromatic N) is 2. The van der Waals surface area contributed by atoms with E-state index in [9.17, 15) is 9.59 Å². The topological polar surface area (TPSA) is 110 Å². The van der Waals surface area contributed by atoms with Crippen molar-refractivity contribution in [2.24, 2.45) is 0 Å². The second-order valence-electron chi connectivity index (χ2n) is 9.43. The van der Waals surface area contributed by atoms with Crippen molar-refractivity contribution in [2.75, 3.05) is 13.2 Å². The number of carbonyl (C=O) groups is 2. The first kappa shape index (κ1) is 25.2. The van der Waals surface area contributed by atoms with Crippen molar-refractivity contribution in [1.29, 1.82) is 0 Å². The maximum absolute atomic E-state index is 13.0. The second-order valence-corrected chi connectivity index (χ2v) is 9.43. The van der Waals surface area contributed by atoms with Crippen LogP contribution in [0.2, 0.25) is 0 Å². The molecule has 2 aliphatic rings. The molecule has 0 saturated heterocycles. The lowest BCUT2D eigenvalue weighted by Gasteiger charge is -2.04. The Labute approximate surface area is 220 Å². The summed E-state index contributed by atoms with van der Waals surface area (Å²) < 4.78 is 10.7. The maximum atomic E-state index is 13.0. The van der Waals surface area contributed by atoms with Crippen LogP contribution in [0.3, 0.4) is 0 Å². The highest BCUT2D eigenvalue weighted by Crippen LogP contribution is 2.35. The molecule has 8 bridgehead atoms. The van der Waals surface area contributed by atoms with Crippen LogP contribution in [0.25, 0.3) is 44.4 Å². The second kappa shape index (κ2) is 9.78. The highest BCUT2D eigenvalue weighted by atomic mass is 16.5. The van der Waals surface area contributed by atoms with Gasteiger partial charge >= 0.3 is 11.9 Å². The molecule has 5 rings (SSSR count). The lowest BCUT2D eigenvalue weighted by atomic mass is 10.0. The molecule has 0 fully saturated rings. The monoisotopic (exact) mass is 510 g/mol. The third-order valence-corrected chi connectivity index (χ3v) is 6.77. The molecule has 0 radical (unpaired) electrons. The number of aromatic amines is 2. The Balaban J connectivity index is 1.90. The fourth-order valence-corrected chi connectivity index (χ4v) is 4.82. The zero-order valence-corrected chi connectivity index (χ0v) is 22.4. The zero-order chi connectivity index (χ0) is 27.1. The van der Waals surface area contributed by atoms with E-state index in [0.29, 0.717) is 45.1 Å². The van der Waals surface area contributed by atoms with Crippen molar-refractivity contribution in [1.82, 2.24) is 19.9 Å². The molecule has 2 N–H and O–H groups in total. The average molecular weight is 511 g/mol. The van der Waals surface area contributed by atoms with Crippen LogP contribution in [-0.4, -0.2) is 45.1 Å². The SMILES string of the molecule is CCOC(=O)C1=C(C)c2cc3nc(cc4cc(C)c(cc5[nH]c(cc1n2)cc5C)[nH]4)C(C(=O)OCC)=C3C. The predicted octanol–water partition coefficient (Wildman–Crippen LogP) is 5.92. The van der Waals surface area contributed by atoms with Crippen LogP contribution in [0.4, 0.5) is 0 Å². The largest absolute Gasteiger partial charge is 0.462 e. The van der Waals surface area contributed by atoms with Crippen molar-refractivity contribution in [3.63, 3.8) is 0 Å². The number of hydrogen-bond acceptors (Lipinski definition) is 6. The average Bonchev–Trinajstić information content (AvgIpc) is 3.55. The quantitative estimate of drug-likeness (QED) is 0.422. The Bertz CT molecular complexity index is 1600. The number of fused-ring (bicyclic) bond motifs is 8. The number of allylic oxidation sites excluding steroid dienone is 2. The van der Waals surface area contributed by atoms with E-state index in [1.54, 1.807) is 19.9 Å². The van der Waals surface area contributed by atoms with Crippen molar-refractivity contribution < 1.29 is 19.1 Å². The van der Waals surface area contributed by atoms with Crippen LogP contribution < -0.4 is 0 Å². The van der Waals surface area contributed by atoms with E-state index in [-0.39, 0.29) is 13.2 Å². The Hall–Kier alpha value is -4.46. The fraction of sp³-hybridized carbons (Fsp3) is 0.267. The molecule has 0 atom stereocenters. The Morgan fingerprint density at radius 2 is 1.05 bits per heavy atom. The van der Waals surface area contributed by atoms with Crippen LogP contribution in [0.5, 0.6) is 0 Å². The summed E-state index contributed by atoms with van der Waals surface area (Å²) in [6.45, 7) is 11.8. The highest BCUT2D eigenvalue weighted by Gasteiger charge is 2.27. The Kier molecular flexibility index (Phi) is 6.48. The van der Waals surface area contributed by atoms with Gasteiger partial charge in [0.15, 0.2) is 0 Å². The molecule has 0 unspecified atom stereocenters. The number of nitrogens with one attached hydrogen (secondary N) is 2. The molecule has 194 valence electrons. The molecule has 38 heavy (non-hydrogen) atoms. The zero-order valence-electron chi connectivity index (χ0n) is 22.4. The van der Waals surface area contributed by atoms with Gasteiger partial charge in [-0.3, -0.25) is 0 Å². The molecule has 0 aliphatic carbocycles. The van der Waals surface area contributed by atoms with Crippen LogP contribution in [0.15, 0.2) is 36.4 Å². The van der Waals surface area contributed by atoms with Gasteiger partial charge < -0.3 is 19.4 Å². The van der Waals surface area contributed by atoms with Gasteiger partial charge in [-0.15, -0.1) is 0 Å². The van der Waals surface area contributed by atoms with Gasteiger partial charge in [-0.1, -0.05) is 0 Å². The molecule has 0 saturated carbocycles. The van der Waals surface area contributed by atoms with Crippen molar-refractivity contribution in [2.45, 2.75) is 41.5 Å². The lowest BCUT2D eigenvalue weighted by molar-refractivity contribution is -0.136. The summed E-state index contributed by atoms with van der Waals surface area (Å²) >= 11 is 0. The van der Waals surface area contributed by atoms with Crippen LogP contribution in [0, 0.1) is 13.8 Å². The summed E-state index contributed by atoms with van der Waals surface area (Å²) in [5.41, 5.74) is 9.98. The van der Waals surface area contributed by atoms with Gasteiger partial charge in [0.1, 0.15) is 0 Å². The number of rotatable bonds is 4. The highest BCUT2D eigenvalue weighted by molar-refractivity contribution is 6.26. The molecule has 3 aromatic heterocycles. The van der Waals surface area contributed by atoms with E-state index in [0.717, 1.165) is 33.2 Å². The van der Waals surface area contributed by atoms with Crippen molar-refractivity contribution in [3.05, 3.63) is 70.3 Å². The van der Waals surface area contributed by atoms with Crippen molar-refractivity contribution in [3.8, 4) is 0 Å². The third-order valence-electron chi connectivity index (χ3n) is 6.77. The molecular weight excluding hydrogens is 480 g/mol. The molecule has 0 aromatic carbocycles. The molecule has 0 amide bonds. The summed E-state index contributed by atoms with van der Waals surface area (Å²) in [5.74, 6) is -0.863. The van der Waals surface area contributed by atoms with E-state index >= 15 is 0 Å². The number of aryl methyl sites for hydroxylation is 2. The minimum Gasteiger partial charge on any atom is -0.462 e. The number of hydrogen-bond donors (Lipinski definition) is 2. The molecule has 3 aromatic rings. The number of H-pyrrole nitrogens is 2. The van der Waals surface area contributed by atoms with E-state index < -0.39 is 11.9 Å². The summed E-state index contributed by atoms with van der Waals surface area (Å²) in [4.78, 5) is 42.4. The van der Waals surface area contributed by atoms with Gasteiger partial charge in [-0.2, -0.15) is 0 Å². The molecule has 8 heteroatoms. The van der Waals surface area contributed by atoms with Crippen LogP contribution >= 0.6 is 0 Å². The normalized spacial score (nSPS) is 13.2. The van der Waals surface area contributed by atoms with Gasteiger partial charge in [0.2, 0.25) is 0 Å². The van der Waals surface area contributed by atoms with Crippen molar-refractivity contribution >= 4 is 56.3 Å². The number of ether oxygens (including phenoxy) is 2. The van der Waals surface area contributed by atoms with Gasteiger partial charge in [0, 0.05) is 22.1 Å². The van der Waals surface area contributed by atoms with Crippen LogP contribution in [0.1, 0.15) is 61.6 Å². The number of carbonyl (C=O) groups excluding carboxylic acids is 2. The first-order chi connectivity index (χ1) is 18.2. The fourth-order valence-electron chi connectivity index (χ4n) is 4.82. The Morgan fingerprint density at radius 3 is 1.45 bits per heavy atom. The molecule has 2 aliphatic heterocycles. The van der Waals surface area contributed by atoms with E-state index in [4.69, 9.17) is 19.4 Å². The number of esters is 2. The summed E-state index contributed by atoms with van der Waals surface area (Å²) in [7, 11) is 0. The van der Waals surface area contributed by atoms with Crippen LogP contribution in [-0.2, 0) is 19.1 Å². The summed E-state index contributed by atoms with van der Waals surface area (Å²) in [6.07, 6.45) is 0. The van der Waals surface area contributed by atoms with E-state index in [1.807, 2.05) is 58.0 Å². The van der Waals surface area contributed by atoms with E-state index in [2.05, 4.69) is 9.97 Å². The summed E-state index contributed by atoms with van der Waals surface area (Å²) in [5, 5.41) is 0. The summed E-state index contributed by atoms with van der Waals surface area (Å²) in [6, 6.07) is 11.6. The lowest BCUT2D eigenvalue weighted by Crippen LogP contribution is -2.06. The minimum absolute atomic E-state index is 0.256. The molecule has 0 spiro atoms.